The van der Waals surface area contributed by atoms with E-state index < -0.39 is 0 Å². The van der Waals surface area contributed by atoms with Gasteiger partial charge in [0, 0.05) is 26.2 Å². The molecule has 5 nitrogen and oxygen atoms in total. The molecule has 0 radical (unpaired) electrons. The first-order chi connectivity index (χ1) is 8.95. The van der Waals surface area contributed by atoms with Gasteiger partial charge in [0.15, 0.2) is 0 Å². The summed E-state index contributed by atoms with van der Waals surface area (Å²) in [7, 11) is 4.16. The molecule has 2 aliphatic rings. The molecule has 1 spiro atoms. The Labute approximate surface area is 113 Å². The van der Waals surface area contributed by atoms with Crippen molar-refractivity contribution in [2.45, 2.75) is 31.8 Å². The third-order valence-corrected chi connectivity index (χ3v) is 4.85. The van der Waals surface area contributed by atoms with E-state index in [2.05, 4.69) is 30.8 Å². The van der Waals surface area contributed by atoms with E-state index in [9.17, 15) is 10.1 Å². The summed E-state index contributed by atoms with van der Waals surface area (Å²) in [5, 5.41) is 10.9. The second-order valence-corrected chi connectivity index (χ2v) is 5.88. The van der Waals surface area contributed by atoms with Crippen LogP contribution in [0.1, 0.15) is 26.2 Å². The predicted octanol–water partition coefficient (Wildman–Crippen LogP) is 3.00. The van der Waals surface area contributed by atoms with Gasteiger partial charge in [-0.1, -0.05) is 6.92 Å². The van der Waals surface area contributed by atoms with Crippen molar-refractivity contribution in [1.29, 1.82) is 0 Å². The van der Waals surface area contributed by atoms with Gasteiger partial charge in [0.2, 0.25) is 0 Å². The van der Waals surface area contributed by atoms with Crippen molar-refractivity contribution in [3.8, 4) is 0 Å². The van der Waals surface area contributed by atoms with Crippen LogP contribution in [-0.2, 0) is 0 Å². The summed E-state index contributed by atoms with van der Waals surface area (Å²) in [4.78, 5) is 15.1. The molecule has 0 N–H and O–H groups in total. The summed E-state index contributed by atoms with van der Waals surface area (Å²) < 4.78 is 0. The van der Waals surface area contributed by atoms with Crippen LogP contribution >= 0.6 is 0 Å². The molecule has 1 aromatic carbocycles. The smallest absolute Gasteiger partial charge is 0.271 e. The summed E-state index contributed by atoms with van der Waals surface area (Å²) >= 11 is 0. The SMILES string of the molecule is CC1CCC2(C1)N(C)c1ccc([N+](=O)[O-])cc1N2C. The van der Waals surface area contributed by atoms with Crippen LogP contribution in [0, 0.1) is 16.0 Å². The maximum Gasteiger partial charge on any atom is 0.271 e. The minimum absolute atomic E-state index is 0.0109. The summed E-state index contributed by atoms with van der Waals surface area (Å²) in [5.41, 5.74) is 2.26. The number of hydrogen-bond donors (Lipinski definition) is 0. The van der Waals surface area contributed by atoms with E-state index in [0.29, 0.717) is 5.92 Å². The number of nitro groups is 1. The highest BCUT2D eigenvalue weighted by Gasteiger charge is 2.50. The Morgan fingerprint density at radius 2 is 2.00 bits per heavy atom. The van der Waals surface area contributed by atoms with Crippen molar-refractivity contribution in [2.75, 3.05) is 23.9 Å². The van der Waals surface area contributed by atoms with Gasteiger partial charge in [-0.15, -0.1) is 0 Å². The molecule has 1 fully saturated rings. The van der Waals surface area contributed by atoms with Gasteiger partial charge in [0.25, 0.3) is 5.69 Å². The highest BCUT2D eigenvalue weighted by molar-refractivity contribution is 5.81. The molecule has 1 aliphatic carbocycles. The summed E-state index contributed by atoms with van der Waals surface area (Å²) in [6.45, 7) is 2.28. The minimum atomic E-state index is -0.323. The average Bonchev–Trinajstić information content (AvgIpc) is 2.87. The average molecular weight is 261 g/mol. The number of benzene rings is 1. The van der Waals surface area contributed by atoms with Crippen LogP contribution in [0.3, 0.4) is 0 Å². The maximum absolute atomic E-state index is 10.9. The van der Waals surface area contributed by atoms with E-state index in [4.69, 9.17) is 0 Å². The molecule has 0 bridgehead atoms. The van der Waals surface area contributed by atoms with Crippen molar-refractivity contribution in [1.82, 2.24) is 0 Å². The van der Waals surface area contributed by atoms with Crippen molar-refractivity contribution in [3.05, 3.63) is 28.3 Å². The highest BCUT2D eigenvalue weighted by Crippen LogP contribution is 2.52. The number of nitro benzene ring substituents is 1. The third kappa shape index (κ3) is 1.54. The van der Waals surface area contributed by atoms with Gasteiger partial charge >= 0.3 is 0 Å². The first-order valence-electron chi connectivity index (χ1n) is 6.72. The fourth-order valence-corrected chi connectivity index (χ4v) is 3.70. The molecule has 2 atom stereocenters. The Morgan fingerprint density at radius 1 is 1.32 bits per heavy atom. The Kier molecular flexibility index (Phi) is 2.49. The molecule has 2 unspecified atom stereocenters. The van der Waals surface area contributed by atoms with Crippen molar-refractivity contribution in [3.63, 3.8) is 0 Å². The predicted molar refractivity (Wildman–Crippen MR) is 75.6 cm³/mol. The molecule has 0 amide bonds. The quantitative estimate of drug-likeness (QED) is 0.576. The van der Waals surface area contributed by atoms with Gasteiger partial charge in [-0.25, -0.2) is 0 Å². The largest absolute Gasteiger partial charge is 0.350 e. The van der Waals surface area contributed by atoms with Gasteiger partial charge in [-0.2, -0.15) is 0 Å². The van der Waals surface area contributed by atoms with Gasteiger partial charge in [0.05, 0.1) is 16.3 Å². The first-order valence-corrected chi connectivity index (χ1v) is 6.72. The van der Waals surface area contributed by atoms with E-state index in [-0.39, 0.29) is 16.3 Å². The number of nitrogens with zero attached hydrogens (tertiary/aromatic N) is 3. The summed E-state index contributed by atoms with van der Waals surface area (Å²) in [6.07, 6.45) is 3.44. The molecule has 1 saturated carbocycles. The van der Waals surface area contributed by atoms with E-state index in [0.717, 1.165) is 24.2 Å². The second-order valence-electron chi connectivity index (χ2n) is 5.88. The van der Waals surface area contributed by atoms with Gasteiger partial charge in [0.1, 0.15) is 5.66 Å². The van der Waals surface area contributed by atoms with E-state index in [1.165, 1.54) is 6.42 Å². The fraction of sp³-hybridized carbons (Fsp3) is 0.571. The number of anilines is 2. The Hall–Kier alpha value is -1.78. The van der Waals surface area contributed by atoms with Crippen LogP contribution in [0.15, 0.2) is 18.2 Å². The number of fused-ring (bicyclic) bond motifs is 1. The molecule has 19 heavy (non-hydrogen) atoms. The molecule has 0 aromatic heterocycles. The number of non-ortho nitro benzene ring substituents is 1. The molecular weight excluding hydrogens is 242 g/mol. The third-order valence-electron chi connectivity index (χ3n) is 4.85. The van der Waals surface area contributed by atoms with Crippen LogP contribution in [0.25, 0.3) is 0 Å². The fourth-order valence-electron chi connectivity index (χ4n) is 3.70. The topological polar surface area (TPSA) is 49.6 Å². The minimum Gasteiger partial charge on any atom is -0.350 e. The Balaban J connectivity index is 2.07. The molecule has 102 valence electrons. The molecule has 5 heteroatoms. The van der Waals surface area contributed by atoms with E-state index in [1.807, 2.05) is 6.07 Å². The summed E-state index contributed by atoms with van der Waals surface area (Å²) in [6, 6.07) is 5.17. The van der Waals surface area contributed by atoms with Crippen molar-refractivity contribution < 1.29 is 4.92 Å². The Morgan fingerprint density at radius 3 is 2.58 bits per heavy atom. The lowest BCUT2D eigenvalue weighted by Gasteiger charge is -2.40. The normalized spacial score (nSPS) is 29.1. The zero-order valence-corrected chi connectivity index (χ0v) is 11.6. The molecule has 1 aromatic rings. The van der Waals surface area contributed by atoms with Crippen LogP contribution in [0.4, 0.5) is 17.1 Å². The van der Waals surface area contributed by atoms with Crippen molar-refractivity contribution >= 4 is 17.1 Å². The van der Waals surface area contributed by atoms with Gasteiger partial charge < -0.3 is 9.80 Å². The summed E-state index contributed by atoms with van der Waals surface area (Å²) in [5.74, 6) is 0.703. The lowest BCUT2D eigenvalue weighted by Crippen LogP contribution is -2.52. The van der Waals surface area contributed by atoms with Crippen LogP contribution in [0.2, 0.25) is 0 Å². The Bertz CT molecular complexity index is 545. The van der Waals surface area contributed by atoms with Gasteiger partial charge in [-0.3, -0.25) is 10.1 Å². The van der Waals surface area contributed by atoms with Crippen molar-refractivity contribution in [2.24, 2.45) is 5.92 Å². The first kappa shape index (κ1) is 12.3. The molecule has 0 saturated heterocycles. The standard InChI is InChI=1S/C14H19N3O2/c1-10-6-7-14(9-10)15(2)12-5-4-11(17(18)19)8-13(12)16(14)3/h4-5,8,10H,6-7,9H2,1-3H3. The molecule has 1 aliphatic heterocycles. The van der Waals surface area contributed by atoms with Crippen LogP contribution < -0.4 is 9.80 Å². The maximum atomic E-state index is 10.9. The second kappa shape index (κ2) is 3.85. The lowest BCUT2D eigenvalue weighted by molar-refractivity contribution is -0.384. The zero-order valence-electron chi connectivity index (χ0n) is 11.6. The number of hydrogen-bond acceptors (Lipinski definition) is 4. The molecule has 1 heterocycles. The van der Waals surface area contributed by atoms with E-state index >= 15 is 0 Å². The number of rotatable bonds is 1. The van der Waals surface area contributed by atoms with Crippen LogP contribution in [-0.4, -0.2) is 24.7 Å². The molecular formula is C14H19N3O2. The monoisotopic (exact) mass is 261 g/mol. The van der Waals surface area contributed by atoms with Gasteiger partial charge in [-0.05, 0) is 31.2 Å². The lowest BCUT2D eigenvalue weighted by atomic mass is 10.1. The van der Waals surface area contributed by atoms with E-state index in [1.54, 1.807) is 12.1 Å². The highest BCUT2D eigenvalue weighted by atomic mass is 16.6. The molecule has 3 rings (SSSR count). The zero-order chi connectivity index (χ0) is 13.8. The van der Waals surface area contributed by atoms with Crippen LogP contribution in [0.5, 0.6) is 0 Å².